The number of amides is 1. The molecule has 0 bridgehead atoms. The van der Waals surface area contributed by atoms with Crippen LogP contribution in [0.4, 0.5) is 23.7 Å². The van der Waals surface area contributed by atoms with Gasteiger partial charge in [-0.25, -0.2) is 9.78 Å². The third kappa shape index (κ3) is 4.51. The molecule has 0 saturated carbocycles. The van der Waals surface area contributed by atoms with Gasteiger partial charge in [-0.2, -0.15) is 18.2 Å². The molecule has 12 heteroatoms. The van der Waals surface area contributed by atoms with Crippen LogP contribution in [0.25, 0.3) is 22.2 Å². The second kappa shape index (κ2) is 8.94. The number of carbonyl (C=O) groups is 1. The van der Waals surface area contributed by atoms with Gasteiger partial charge in [0.1, 0.15) is 11.7 Å². The first-order valence-corrected chi connectivity index (χ1v) is 10.5. The highest BCUT2D eigenvalue weighted by Gasteiger charge is 2.36. The molecule has 4 rings (SSSR count). The summed E-state index contributed by atoms with van der Waals surface area (Å²) >= 11 is 3.38. The maximum Gasteiger partial charge on any atom is 0.420 e. The van der Waals surface area contributed by atoms with Crippen molar-refractivity contribution in [3.8, 4) is 17.3 Å². The Bertz CT molecular complexity index is 1150. The standard InChI is InChI=1S/C20H19BrF3N5O3/c1-31-19(30)28-14-5-4-11-12(8-26-17(11)15(14)21)16-13(20(22,23)24)9-27-18(29-16)32-10-3-2-6-25-7-10/h4-5,8-10,25-26H,2-3,6-7H2,1H3,(H,28,30)/t10-/m0/s1. The Morgan fingerprint density at radius 3 is 2.84 bits per heavy atom. The summed E-state index contributed by atoms with van der Waals surface area (Å²) in [6, 6.07) is 3.03. The summed E-state index contributed by atoms with van der Waals surface area (Å²) in [5, 5.41) is 6.18. The predicted molar refractivity (Wildman–Crippen MR) is 115 cm³/mol. The number of carbonyl (C=O) groups excluding carboxylic acids is 1. The average Bonchev–Trinajstić information content (AvgIpc) is 3.20. The Labute approximate surface area is 189 Å². The molecule has 1 atom stereocenters. The minimum atomic E-state index is -4.66. The van der Waals surface area contributed by atoms with E-state index in [-0.39, 0.29) is 23.4 Å². The lowest BCUT2D eigenvalue weighted by atomic mass is 10.1. The van der Waals surface area contributed by atoms with E-state index >= 15 is 0 Å². The van der Waals surface area contributed by atoms with Crippen molar-refractivity contribution in [2.75, 3.05) is 25.5 Å². The number of hydrogen-bond acceptors (Lipinski definition) is 6. The monoisotopic (exact) mass is 513 g/mol. The van der Waals surface area contributed by atoms with Crippen molar-refractivity contribution < 1.29 is 27.4 Å². The van der Waals surface area contributed by atoms with Crippen molar-refractivity contribution in [3.05, 3.63) is 34.6 Å². The highest BCUT2D eigenvalue weighted by atomic mass is 79.9. The number of nitrogens with zero attached hydrogens (tertiary/aromatic N) is 2. The molecule has 1 aliphatic heterocycles. The molecule has 1 aromatic carbocycles. The van der Waals surface area contributed by atoms with Gasteiger partial charge in [0, 0.05) is 29.9 Å². The fourth-order valence-corrected chi connectivity index (χ4v) is 4.08. The van der Waals surface area contributed by atoms with E-state index in [0.717, 1.165) is 25.6 Å². The molecule has 170 valence electrons. The number of alkyl halides is 3. The number of benzene rings is 1. The molecule has 1 fully saturated rings. The highest BCUT2D eigenvalue weighted by Crippen LogP contribution is 2.41. The fraction of sp³-hybridized carbons (Fsp3) is 0.350. The quantitative estimate of drug-likeness (QED) is 0.466. The van der Waals surface area contributed by atoms with Gasteiger partial charge in [-0.3, -0.25) is 5.32 Å². The molecule has 1 saturated heterocycles. The minimum absolute atomic E-state index is 0.112. The normalized spacial score (nSPS) is 16.7. The number of anilines is 1. The minimum Gasteiger partial charge on any atom is -0.459 e. The first kappa shape index (κ1) is 22.3. The number of piperidine rings is 1. The number of aromatic amines is 1. The Kier molecular flexibility index (Phi) is 6.24. The summed E-state index contributed by atoms with van der Waals surface area (Å²) in [5.41, 5.74) is -0.157. The third-order valence-corrected chi connectivity index (χ3v) is 5.89. The SMILES string of the molecule is COC(=O)Nc1ccc2c(-c3nc(O[C@H]4CCCNC4)ncc3C(F)(F)F)c[nH]c2c1Br. The number of methoxy groups -OCH3 is 1. The lowest BCUT2D eigenvalue weighted by molar-refractivity contribution is -0.137. The van der Waals surface area contributed by atoms with Crippen LogP contribution in [0.1, 0.15) is 18.4 Å². The second-order valence-corrected chi connectivity index (χ2v) is 7.96. The van der Waals surface area contributed by atoms with E-state index in [1.807, 2.05) is 0 Å². The number of halogens is 4. The van der Waals surface area contributed by atoms with E-state index in [9.17, 15) is 18.0 Å². The summed E-state index contributed by atoms with van der Waals surface area (Å²) in [7, 11) is 1.23. The van der Waals surface area contributed by atoms with Gasteiger partial charge in [-0.15, -0.1) is 0 Å². The Balaban J connectivity index is 1.77. The molecule has 0 unspecified atom stereocenters. The zero-order valence-corrected chi connectivity index (χ0v) is 18.4. The number of aromatic nitrogens is 3. The van der Waals surface area contributed by atoms with Crippen LogP contribution in [0, 0.1) is 0 Å². The molecule has 3 N–H and O–H groups in total. The van der Waals surface area contributed by atoms with E-state index in [1.165, 1.54) is 13.3 Å². The molecule has 0 spiro atoms. The van der Waals surface area contributed by atoms with Gasteiger partial charge in [0.15, 0.2) is 0 Å². The summed E-state index contributed by atoms with van der Waals surface area (Å²) in [6.07, 6.45) is -1.70. The summed E-state index contributed by atoms with van der Waals surface area (Å²) in [6.45, 7) is 1.45. The molecule has 0 aliphatic carbocycles. The molecule has 3 heterocycles. The van der Waals surface area contributed by atoms with E-state index in [1.54, 1.807) is 12.1 Å². The molecule has 1 amide bonds. The van der Waals surface area contributed by atoms with Gasteiger partial charge in [-0.1, -0.05) is 6.07 Å². The number of ether oxygens (including phenoxy) is 2. The Morgan fingerprint density at radius 2 is 2.16 bits per heavy atom. The van der Waals surface area contributed by atoms with Crippen molar-refractivity contribution in [3.63, 3.8) is 0 Å². The van der Waals surface area contributed by atoms with Gasteiger partial charge in [-0.05, 0) is 41.4 Å². The fourth-order valence-electron chi connectivity index (χ4n) is 3.52. The van der Waals surface area contributed by atoms with E-state index < -0.39 is 17.8 Å². The van der Waals surface area contributed by atoms with Crippen molar-refractivity contribution in [1.29, 1.82) is 0 Å². The zero-order valence-electron chi connectivity index (χ0n) is 16.8. The summed E-state index contributed by atoms with van der Waals surface area (Å²) < 4.78 is 52.0. The number of H-pyrrole nitrogens is 1. The average molecular weight is 514 g/mol. The van der Waals surface area contributed by atoms with E-state index in [2.05, 4.69) is 46.3 Å². The molecule has 32 heavy (non-hydrogen) atoms. The Morgan fingerprint density at radius 1 is 1.34 bits per heavy atom. The van der Waals surface area contributed by atoms with Gasteiger partial charge in [0.2, 0.25) is 0 Å². The van der Waals surface area contributed by atoms with E-state index in [0.29, 0.717) is 27.6 Å². The largest absolute Gasteiger partial charge is 0.459 e. The van der Waals surface area contributed by atoms with Crippen LogP contribution < -0.4 is 15.4 Å². The number of fused-ring (bicyclic) bond motifs is 1. The van der Waals surface area contributed by atoms with E-state index in [4.69, 9.17) is 4.74 Å². The van der Waals surface area contributed by atoms with Crippen LogP contribution in [-0.2, 0) is 10.9 Å². The van der Waals surface area contributed by atoms with Crippen LogP contribution in [0.15, 0.2) is 29.0 Å². The van der Waals surface area contributed by atoms with Crippen LogP contribution in [0.2, 0.25) is 0 Å². The van der Waals surface area contributed by atoms with Crippen molar-refractivity contribution >= 4 is 38.6 Å². The van der Waals surface area contributed by atoms with Gasteiger partial charge < -0.3 is 19.8 Å². The molecule has 1 aliphatic rings. The van der Waals surface area contributed by atoms with Crippen molar-refractivity contribution in [2.45, 2.75) is 25.1 Å². The van der Waals surface area contributed by atoms with Crippen molar-refractivity contribution in [2.24, 2.45) is 0 Å². The van der Waals surface area contributed by atoms with Crippen molar-refractivity contribution in [1.82, 2.24) is 20.3 Å². The molecular formula is C20H19BrF3N5O3. The molecule has 3 aromatic rings. The maximum absolute atomic E-state index is 13.7. The molecule has 2 aromatic heterocycles. The smallest absolute Gasteiger partial charge is 0.420 e. The van der Waals surface area contributed by atoms with Gasteiger partial charge in [0.05, 0.1) is 28.5 Å². The molecule has 0 radical (unpaired) electrons. The van der Waals surface area contributed by atoms with Crippen LogP contribution in [0.5, 0.6) is 6.01 Å². The summed E-state index contributed by atoms with van der Waals surface area (Å²) in [4.78, 5) is 22.4. The van der Waals surface area contributed by atoms with Crippen LogP contribution in [0.3, 0.4) is 0 Å². The zero-order chi connectivity index (χ0) is 22.9. The number of rotatable bonds is 4. The topological polar surface area (TPSA) is 101 Å². The maximum atomic E-state index is 13.7. The second-order valence-electron chi connectivity index (χ2n) is 7.17. The Hall–Kier alpha value is -2.86. The third-order valence-electron chi connectivity index (χ3n) is 5.07. The lowest BCUT2D eigenvalue weighted by Gasteiger charge is -2.23. The first-order valence-electron chi connectivity index (χ1n) is 9.74. The molecule has 8 nitrogen and oxygen atoms in total. The van der Waals surface area contributed by atoms with Crippen LogP contribution >= 0.6 is 15.9 Å². The lowest BCUT2D eigenvalue weighted by Crippen LogP contribution is -2.37. The highest BCUT2D eigenvalue weighted by molar-refractivity contribution is 9.10. The van der Waals surface area contributed by atoms with Gasteiger partial charge in [0.25, 0.3) is 0 Å². The molecular weight excluding hydrogens is 495 g/mol. The summed E-state index contributed by atoms with van der Waals surface area (Å²) in [5.74, 6) is 0. The number of nitrogens with one attached hydrogen (secondary N) is 3. The predicted octanol–water partition coefficient (Wildman–Crippen LogP) is 4.72. The number of hydrogen-bond donors (Lipinski definition) is 3. The first-order chi connectivity index (χ1) is 15.3. The van der Waals surface area contributed by atoms with Crippen LogP contribution in [-0.4, -0.2) is 47.3 Å². The van der Waals surface area contributed by atoms with Gasteiger partial charge >= 0.3 is 18.3 Å².